The van der Waals surface area contributed by atoms with Crippen molar-refractivity contribution in [3.63, 3.8) is 0 Å². The number of nitro groups is 1. The van der Waals surface area contributed by atoms with E-state index < -0.39 is 28.4 Å². The number of halogens is 1. The molecule has 0 aliphatic heterocycles. The van der Waals surface area contributed by atoms with Crippen LogP contribution in [0.4, 0.5) is 10.1 Å². The van der Waals surface area contributed by atoms with Crippen molar-refractivity contribution in [3.05, 3.63) is 46.8 Å². The summed E-state index contributed by atoms with van der Waals surface area (Å²) in [6.07, 6.45) is 0.496. The maximum atomic E-state index is 13.0. The maximum Gasteiger partial charge on any atom is 0.311 e. The van der Waals surface area contributed by atoms with Crippen LogP contribution in [0.5, 0.6) is 5.75 Å². The lowest BCUT2D eigenvalue weighted by molar-refractivity contribution is -0.386. The second-order valence-corrected chi connectivity index (χ2v) is 3.66. The molecule has 19 heavy (non-hydrogen) atoms. The number of carbonyl (C=O) groups excluding carboxylic acids is 1. The van der Waals surface area contributed by atoms with E-state index in [1.807, 2.05) is 0 Å². The van der Waals surface area contributed by atoms with Gasteiger partial charge in [0.05, 0.1) is 4.92 Å². The zero-order valence-electron chi connectivity index (χ0n) is 10.3. The molecule has 0 radical (unpaired) electrons. The van der Waals surface area contributed by atoms with Crippen LogP contribution < -0.4 is 10.1 Å². The normalized spacial score (nSPS) is 11.5. The van der Waals surface area contributed by atoms with E-state index in [0.29, 0.717) is 0 Å². The lowest BCUT2D eigenvalue weighted by Gasteiger charge is -2.14. The average Bonchev–Trinajstić information content (AvgIpc) is 2.35. The Morgan fingerprint density at radius 1 is 1.68 bits per heavy atom. The lowest BCUT2D eigenvalue weighted by Crippen LogP contribution is -2.36. The fourth-order valence-corrected chi connectivity index (χ4v) is 1.29. The minimum atomic E-state index is -0.986. The quantitative estimate of drug-likeness (QED) is 0.484. The second kappa shape index (κ2) is 6.48. The average molecular weight is 268 g/mol. The highest BCUT2D eigenvalue weighted by Gasteiger charge is 2.21. The van der Waals surface area contributed by atoms with Crippen LogP contribution in [-0.4, -0.2) is 23.5 Å². The highest BCUT2D eigenvalue weighted by atomic mass is 19.1. The number of hydrogen-bond donors (Lipinski definition) is 1. The Bertz CT molecular complexity index is 505. The molecule has 1 amide bonds. The van der Waals surface area contributed by atoms with E-state index in [1.165, 1.54) is 13.0 Å². The smallest absolute Gasteiger partial charge is 0.311 e. The van der Waals surface area contributed by atoms with Crippen LogP contribution in [0.15, 0.2) is 30.9 Å². The third-order valence-electron chi connectivity index (χ3n) is 2.21. The molecule has 0 heterocycles. The summed E-state index contributed by atoms with van der Waals surface area (Å²) in [4.78, 5) is 21.6. The number of ether oxygens (including phenoxy) is 1. The first-order valence-corrected chi connectivity index (χ1v) is 5.45. The second-order valence-electron chi connectivity index (χ2n) is 3.66. The van der Waals surface area contributed by atoms with Crippen molar-refractivity contribution >= 4 is 11.6 Å². The van der Waals surface area contributed by atoms with Crippen molar-refractivity contribution < 1.29 is 18.8 Å². The Kier molecular flexibility index (Phi) is 4.99. The molecule has 0 spiro atoms. The molecule has 102 valence electrons. The summed E-state index contributed by atoms with van der Waals surface area (Å²) in [5.41, 5.74) is -0.398. The van der Waals surface area contributed by atoms with Gasteiger partial charge in [0.1, 0.15) is 5.82 Å². The van der Waals surface area contributed by atoms with E-state index in [-0.39, 0.29) is 12.3 Å². The molecule has 1 aromatic rings. The minimum absolute atomic E-state index is 0.248. The van der Waals surface area contributed by atoms with Crippen LogP contribution >= 0.6 is 0 Å². The summed E-state index contributed by atoms with van der Waals surface area (Å²) in [5.74, 6) is -1.44. The maximum absolute atomic E-state index is 13.0. The molecule has 0 aliphatic carbocycles. The van der Waals surface area contributed by atoms with Crippen molar-refractivity contribution in [1.82, 2.24) is 5.32 Å². The number of carbonyl (C=O) groups is 1. The van der Waals surface area contributed by atoms with Crippen molar-refractivity contribution in [1.29, 1.82) is 0 Å². The number of benzene rings is 1. The zero-order chi connectivity index (χ0) is 14.4. The summed E-state index contributed by atoms with van der Waals surface area (Å²) in [6, 6.07) is 2.81. The number of nitrogens with zero attached hydrogens (tertiary/aromatic N) is 1. The molecule has 1 atom stereocenters. The highest BCUT2D eigenvalue weighted by Crippen LogP contribution is 2.28. The van der Waals surface area contributed by atoms with Crippen molar-refractivity contribution in [2.24, 2.45) is 0 Å². The van der Waals surface area contributed by atoms with Crippen LogP contribution in [0.3, 0.4) is 0 Å². The van der Waals surface area contributed by atoms with Gasteiger partial charge in [-0.2, -0.15) is 0 Å². The predicted molar refractivity (Wildman–Crippen MR) is 66.4 cm³/mol. The number of rotatable bonds is 6. The highest BCUT2D eigenvalue weighted by molar-refractivity contribution is 5.80. The SMILES string of the molecule is C=CCNC(=O)C(C)Oc1cc(F)ccc1[N+](=O)[O-]. The molecule has 0 aliphatic rings. The first kappa shape index (κ1) is 14.6. The first-order chi connectivity index (χ1) is 8.95. The number of nitro benzene ring substituents is 1. The number of nitrogens with one attached hydrogen (secondary N) is 1. The Balaban J connectivity index is 2.86. The predicted octanol–water partition coefficient (Wildman–Crippen LogP) is 1.80. The molecule has 0 fully saturated rings. The van der Waals surface area contributed by atoms with Gasteiger partial charge in [-0.25, -0.2) is 4.39 Å². The van der Waals surface area contributed by atoms with Crippen molar-refractivity contribution in [3.8, 4) is 5.75 Å². The van der Waals surface area contributed by atoms with Crippen LogP contribution in [0.25, 0.3) is 0 Å². The Morgan fingerprint density at radius 2 is 2.37 bits per heavy atom. The van der Waals surface area contributed by atoms with E-state index in [2.05, 4.69) is 11.9 Å². The molecule has 1 rings (SSSR count). The minimum Gasteiger partial charge on any atom is -0.474 e. The lowest BCUT2D eigenvalue weighted by atomic mass is 10.2. The van der Waals surface area contributed by atoms with Crippen LogP contribution in [0.1, 0.15) is 6.92 Å². The van der Waals surface area contributed by atoms with Gasteiger partial charge in [0.15, 0.2) is 6.10 Å². The summed E-state index contributed by atoms with van der Waals surface area (Å²) in [7, 11) is 0. The molecule has 6 nitrogen and oxygen atoms in total. The van der Waals surface area contributed by atoms with Crippen LogP contribution in [0.2, 0.25) is 0 Å². The summed E-state index contributed by atoms with van der Waals surface area (Å²) in [5, 5.41) is 13.2. The van der Waals surface area contributed by atoms with Gasteiger partial charge < -0.3 is 10.1 Å². The Morgan fingerprint density at radius 3 is 2.95 bits per heavy atom. The molecular formula is C12H13FN2O4. The molecule has 1 unspecified atom stereocenters. The standard InChI is InChI=1S/C12H13FN2O4/c1-3-6-14-12(16)8(2)19-11-7-9(13)4-5-10(11)15(17)18/h3-5,7-8H,1,6H2,2H3,(H,14,16). The number of hydrogen-bond acceptors (Lipinski definition) is 4. The molecular weight excluding hydrogens is 255 g/mol. The fourth-order valence-electron chi connectivity index (χ4n) is 1.29. The molecule has 1 N–H and O–H groups in total. The third-order valence-corrected chi connectivity index (χ3v) is 2.21. The van der Waals surface area contributed by atoms with Gasteiger partial charge in [0.25, 0.3) is 5.91 Å². The molecule has 7 heteroatoms. The van der Waals surface area contributed by atoms with Gasteiger partial charge in [-0.05, 0) is 13.0 Å². The van der Waals surface area contributed by atoms with E-state index in [4.69, 9.17) is 4.74 Å². The molecule has 1 aromatic carbocycles. The Labute approximate surface area is 109 Å². The van der Waals surface area contributed by atoms with Gasteiger partial charge in [0.2, 0.25) is 5.75 Å². The van der Waals surface area contributed by atoms with E-state index in [1.54, 1.807) is 0 Å². The topological polar surface area (TPSA) is 81.5 Å². The zero-order valence-corrected chi connectivity index (χ0v) is 10.3. The van der Waals surface area contributed by atoms with Crippen LogP contribution in [-0.2, 0) is 4.79 Å². The Hall–Kier alpha value is -2.44. The summed E-state index contributed by atoms with van der Waals surface area (Å²) >= 11 is 0. The van der Waals surface area contributed by atoms with Gasteiger partial charge in [0, 0.05) is 18.7 Å². The van der Waals surface area contributed by atoms with Gasteiger partial charge in [-0.1, -0.05) is 6.08 Å². The molecule has 0 aromatic heterocycles. The van der Waals surface area contributed by atoms with Gasteiger partial charge >= 0.3 is 5.69 Å². The molecule has 0 bridgehead atoms. The fraction of sp³-hybridized carbons (Fsp3) is 0.250. The van der Waals surface area contributed by atoms with E-state index in [0.717, 1.165) is 18.2 Å². The van der Waals surface area contributed by atoms with Gasteiger partial charge in [-0.15, -0.1) is 6.58 Å². The third kappa shape index (κ3) is 4.06. The number of amides is 1. The molecule has 0 saturated carbocycles. The van der Waals surface area contributed by atoms with Gasteiger partial charge in [-0.3, -0.25) is 14.9 Å². The van der Waals surface area contributed by atoms with Crippen LogP contribution in [0, 0.1) is 15.9 Å². The largest absolute Gasteiger partial charge is 0.474 e. The summed E-state index contributed by atoms with van der Waals surface area (Å²) in [6.45, 7) is 5.09. The molecule has 0 saturated heterocycles. The first-order valence-electron chi connectivity index (χ1n) is 5.45. The van der Waals surface area contributed by atoms with E-state index >= 15 is 0 Å². The van der Waals surface area contributed by atoms with E-state index in [9.17, 15) is 19.3 Å². The van der Waals surface area contributed by atoms with Crippen molar-refractivity contribution in [2.75, 3.05) is 6.54 Å². The monoisotopic (exact) mass is 268 g/mol. The van der Waals surface area contributed by atoms with Crippen molar-refractivity contribution in [2.45, 2.75) is 13.0 Å². The summed E-state index contributed by atoms with van der Waals surface area (Å²) < 4.78 is 18.2.